The molecule has 12 heavy (non-hydrogen) atoms. The molecule has 1 aliphatic heterocycles. The van der Waals surface area contributed by atoms with Crippen LogP contribution in [0.5, 0.6) is 0 Å². The van der Waals surface area contributed by atoms with E-state index in [0.29, 0.717) is 0 Å². The van der Waals surface area contributed by atoms with Crippen molar-refractivity contribution in [3.63, 3.8) is 0 Å². The lowest BCUT2D eigenvalue weighted by atomic mass is 9.90. The molecule has 0 fully saturated rings. The minimum atomic E-state index is 0.0916. The minimum Gasteiger partial charge on any atom is -0.286 e. The maximum Gasteiger partial charge on any atom is 0.0592 e. The second kappa shape index (κ2) is 2.44. The fourth-order valence-electron chi connectivity index (χ4n) is 1.58. The lowest BCUT2D eigenvalue weighted by molar-refractivity contribution is 0.516. The van der Waals surface area contributed by atoms with Crippen LogP contribution in [-0.2, 0) is 6.42 Å². The normalized spacial score (nSPS) is 18.8. The van der Waals surface area contributed by atoms with Crippen molar-refractivity contribution in [2.45, 2.75) is 25.8 Å². The summed E-state index contributed by atoms with van der Waals surface area (Å²) in [6, 6.07) is 8.45. The third-order valence-electron chi connectivity index (χ3n) is 2.23. The molecule has 0 unspecified atom stereocenters. The van der Waals surface area contributed by atoms with Gasteiger partial charge in [0.25, 0.3) is 0 Å². The Hall–Kier alpha value is -1.11. The molecule has 1 nitrogen and oxygen atoms in total. The van der Waals surface area contributed by atoms with Gasteiger partial charge in [0.15, 0.2) is 0 Å². The maximum absolute atomic E-state index is 4.48. The summed E-state index contributed by atoms with van der Waals surface area (Å²) < 4.78 is 0. The summed E-state index contributed by atoms with van der Waals surface area (Å²) in [6.45, 7) is 4.33. The Morgan fingerprint density at radius 3 is 2.83 bits per heavy atom. The molecule has 0 amide bonds. The van der Waals surface area contributed by atoms with Crippen molar-refractivity contribution in [3.05, 3.63) is 35.4 Å². The molecular weight excluding hydrogens is 146 g/mol. The number of hydrogen-bond donors (Lipinski definition) is 0. The fraction of sp³-hybridized carbons (Fsp3) is 0.364. The van der Waals surface area contributed by atoms with Crippen molar-refractivity contribution >= 4 is 6.21 Å². The Balaban J connectivity index is 2.46. The Labute approximate surface area is 73.1 Å². The number of fused-ring (bicyclic) bond motifs is 1. The highest BCUT2D eigenvalue weighted by molar-refractivity contribution is 5.83. The third kappa shape index (κ3) is 1.27. The van der Waals surface area contributed by atoms with Crippen LogP contribution in [0.3, 0.4) is 0 Å². The van der Waals surface area contributed by atoms with Gasteiger partial charge < -0.3 is 0 Å². The van der Waals surface area contributed by atoms with Crippen molar-refractivity contribution in [2.75, 3.05) is 0 Å². The molecule has 0 atom stereocenters. The van der Waals surface area contributed by atoms with E-state index < -0.39 is 0 Å². The number of nitrogens with zero attached hydrogens (tertiary/aromatic N) is 1. The number of hydrogen-bond acceptors (Lipinski definition) is 1. The molecule has 2 rings (SSSR count). The van der Waals surface area contributed by atoms with Crippen LogP contribution in [0, 0.1) is 0 Å². The van der Waals surface area contributed by atoms with E-state index in [4.69, 9.17) is 0 Å². The highest BCUT2D eigenvalue weighted by atomic mass is 14.8. The zero-order chi connectivity index (χ0) is 8.60. The first-order valence-corrected chi connectivity index (χ1v) is 4.30. The van der Waals surface area contributed by atoms with Crippen LogP contribution in [0.15, 0.2) is 29.3 Å². The predicted molar refractivity (Wildman–Crippen MR) is 51.8 cm³/mol. The van der Waals surface area contributed by atoms with Gasteiger partial charge in [-0.25, -0.2) is 0 Å². The second-order valence-corrected chi connectivity index (χ2v) is 3.95. The van der Waals surface area contributed by atoms with Gasteiger partial charge in [0.2, 0.25) is 0 Å². The van der Waals surface area contributed by atoms with Crippen molar-refractivity contribution in [1.82, 2.24) is 0 Å². The molecule has 0 saturated carbocycles. The number of rotatable bonds is 0. The van der Waals surface area contributed by atoms with E-state index in [0.717, 1.165) is 6.42 Å². The average molecular weight is 159 g/mol. The standard InChI is InChI=1S/C11H13N/c1-11(2)7-9-5-3-4-6-10(9)8-12-11/h3-6,8H,7H2,1-2H3. The summed E-state index contributed by atoms with van der Waals surface area (Å²) in [5.74, 6) is 0. The van der Waals surface area contributed by atoms with Gasteiger partial charge in [-0.2, -0.15) is 0 Å². The van der Waals surface area contributed by atoms with Crippen LogP contribution in [0.2, 0.25) is 0 Å². The van der Waals surface area contributed by atoms with Crippen LogP contribution in [0.4, 0.5) is 0 Å². The third-order valence-corrected chi connectivity index (χ3v) is 2.23. The molecule has 0 N–H and O–H groups in total. The van der Waals surface area contributed by atoms with Gasteiger partial charge in [-0.15, -0.1) is 0 Å². The van der Waals surface area contributed by atoms with E-state index in [1.165, 1.54) is 11.1 Å². The monoisotopic (exact) mass is 159 g/mol. The molecule has 1 aromatic carbocycles. The topological polar surface area (TPSA) is 12.4 Å². The van der Waals surface area contributed by atoms with E-state index >= 15 is 0 Å². The summed E-state index contributed by atoms with van der Waals surface area (Å²) in [7, 11) is 0. The molecule has 1 heterocycles. The maximum atomic E-state index is 4.48. The smallest absolute Gasteiger partial charge is 0.0592 e. The molecule has 0 saturated heterocycles. The van der Waals surface area contributed by atoms with Crippen LogP contribution in [0.25, 0.3) is 0 Å². The van der Waals surface area contributed by atoms with Crippen molar-refractivity contribution in [1.29, 1.82) is 0 Å². The Kier molecular flexibility index (Phi) is 1.53. The number of aliphatic imine (C=N–C) groups is 1. The minimum absolute atomic E-state index is 0.0916. The first-order valence-electron chi connectivity index (χ1n) is 4.30. The molecule has 0 aliphatic carbocycles. The first kappa shape index (κ1) is 7.53. The summed E-state index contributed by atoms with van der Waals surface area (Å²) in [4.78, 5) is 4.48. The Bertz CT molecular complexity index is 324. The number of benzene rings is 1. The summed E-state index contributed by atoms with van der Waals surface area (Å²) in [5.41, 5.74) is 2.78. The average Bonchev–Trinajstić information content (AvgIpc) is 2.02. The fourth-order valence-corrected chi connectivity index (χ4v) is 1.58. The Morgan fingerprint density at radius 1 is 1.25 bits per heavy atom. The van der Waals surface area contributed by atoms with E-state index in [9.17, 15) is 0 Å². The highest BCUT2D eigenvalue weighted by Gasteiger charge is 2.20. The SMILES string of the molecule is CC1(C)Cc2ccccc2C=N1. The van der Waals surface area contributed by atoms with Gasteiger partial charge in [0.05, 0.1) is 5.54 Å². The van der Waals surface area contributed by atoms with Gasteiger partial charge in [-0.05, 0) is 31.4 Å². The molecular formula is C11H13N. The summed E-state index contributed by atoms with van der Waals surface area (Å²) in [6.07, 6.45) is 3.04. The van der Waals surface area contributed by atoms with Crippen LogP contribution in [0.1, 0.15) is 25.0 Å². The highest BCUT2D eigenvalue weighted by Crippen LogP contribution is 2.23. The second-order valence-electron chi connectivity index (χ2n) is 3.95. The van der Waals surface area contributed by atoms with Gasteiger partial charge in [-0.1, -0.05) is 24.3 Å². The Morgan fingerprint density at radius 2 is 2.00 bits per heavy atom. The molecule has 0 radical (unpaired) electrons. The molecule has 0 spiro atoms. The van der Waals surface area contributed by atoms with Crippen molar-refractivity contribution in [3.8, 4) is 0 Å². The van der Waals surface area contributed by atoms with E-state index in [2.05, 4.69) is 43.1 Å². The van der Waals surface area contributed by atoms with Gasteiger partial charge in [0.1, 0.15) is 0 Å². The summed E-state index contributed by atoms with van der Waals surface area (Å²) >= 11 is 0. The van der Waals surface area contributed by atoms with Gasteiger partial charge in [0, 0.05) is 6.21 Å². The van der Waals surface area contributed by atoms with Crippen molar-refractivity contribution < 1.29 is 0 Å². The zero-order valence-corrected chi connectivity index (χ0v) is 7.54. The van der Waals surface area contributed by atoms with E-state index in [-0.39, 0.29) is 5.54 Å². The quantitative estimate of drug-likeness (QED) is 0.551. The predicted octanol–water partition coefficient (Wildman–Crippen LogP) is 2.44. The molecule has 0 aromatic heterocycles. The summed E-state index contributed by atoms with van der Waals surface area (Å²) in [5, 5.41) is 0. The van der Waals surface area contributed by atoms with Gasteiger partial charge >= 0.3 is 0 Å². The molecule has 0 bridgehead atoms. The van der Waals surface area contributed by atoms with Crippen LogP contribution in [-0.4, -0.2) is 11.8 Å². The zero-order valence-electron chi connectivity index (χ0n) is 7.54. The van der Waals surface area contributed by atoms with E-state index in [1.807, 2.05) is 6.21 Å². The lowest BCUT2D eigenvalue weighted by Gasteiger charge is -2.24. The lowest BCUT2D eigenvalue weighted by Crippen LogP contribution is -2.24. The molecule has 1 heteroatoms. The first-order chi connectivity index (χ1) is 5.67. The molecule has 1 aliphatic rings. The van der Waals surface area contributed by atoms with Crippen LogP contribution < -0.4 is 0 Å². The molecule has 62 valence electrons. The van der Waals surface area contributed by atoms with Crippen LogP contribution >= 0.6 is 0 Å². The largest absolute Gasteiger partial charge is 0.286 e. The molecule has 1 aromatic rings. The van der Waals surface area contributed by atoms with Gasteiger partial charge in [-0.3, -0.25) is 4.99 Å². The van der Waals surface area contributed by atoms with Crippen molar-refractivity contribution in [2.24, 2.45) is 4.99 Å². The van der Waals surface area contributed by atoms with E-state index in [1.54, 1.807) is 0 Å².